The Labute approximate surface area is 204 Å². The van der Waals surface area contributed by atoms with Crippen molar-refractivity contribution in [2.45, 2.75) is 61.4 Å². The molecule has 2 aliphatic rings. The lowest BCUT2D eigenvalue weighted by Gasteiger charge is -2.24. The number of rotatable bonds is 6. The minimum absolute atomic E-state index is 0.0498. The average molecular weight is 507 g/mol. The number of nitrogens with one attached hydrogen (secondary N) is 2. The number of nitrogens with zero attached hydrogens (tertiary/aromatic N) is 2. The largest absolute Gasteiger partial charge is 0.446 e. The van der Waals surface area contributed by atoms with E-state index < -0.39 is 23.0 Å². The van der Waals surface area contributed by atoms with Gasteiger partial charge in [0.05, 0.1) is 17.6 Å². The maximum Gasteiger partial charge on any atom is 0.446 e. The van der Waals surface area contributed by atoms with Gasteiger partial charge in [-0.1, -0.05) is 19.3 Å². The number of pyridine rings is 1. The number of anilines is 2. The van der Waals surface area contributed by atoms with Gasteiger partial charge < -0.3 is 10.6 Å². The van der Waals surface area contributed by atoms with E-state index >= 15 is 0 Å². The average Bonchev–Trinajstić information content (AvgIpc) is 3.03. The van der Waals surface area contributed by atoms with E-state index in [1.165, 1.54) is 30.5 Å². The van der Waals surface area contributed by atoms with Gasteiger partial charge in [-0.05, 0) is 67.4 Å². The lowest BCUT2D eigenvalue weighted by atomic mass is 9.88. The molecule has 2 fully saturated rings. The molecule has 0 spiro atoms. The zero-order valence-electron chi connectivity index (χ0n) is 19.0. The summed E-state index contributed by atoms with van der Waals surface area (Å²) in [5.41, 5.74) is -4.46. The third-order valence-corrected chi connectivity index (χ3v) is 7.02. The van der Waals surface area contributed by atoms with Crippen LogP contribution in [-0.2, 0) is 16.0 Å². The number of halogens is 3. The Balaban J connectivity index is 1.50. The Bertz CT molecular complexity index is 1120. The van der Waals surface area contributed by atoms with Crippen LogP contribution in [0.1, 0.15) is 44.6 Å². The predicted molar refractivity (Wildman–Crippen MR) is 126 cm³/mol. The van der Waals surface area contributed by atoms with Gasteiger partial charge in [0.25, 0.3) is 5.91 Å². The fourth-order valence-corrected chi connectivity index (χ4v) is 5.05. The molecule has 4 amide bonds. The number of urea groups is 1. The minimum atomic E-state index is -4.43. The van der Waals surface area contributed by atoms with Crippen LogP contribution in [0, 0.1) is 5.92 Å². The lowest BCUT2D eigenvalue weighted by Crippen LogP contribution is -2.46. The quantitative estimate of drug-likeness (QED) is 0.412. The summed E-state index contributed by atoms with van der Waals surface area (Å²) >= 11 is -0.273. The molecule has 1 saturated carbocycles. The molecule has 1 aliphatic heterocycles. The SMILES string of the molecule is CC1(Cc2ccncc2NC(=O)C2CCCCC2)NC(=O)N(c2ccc(SC(F)(F)F)cc2)C1=O. The van der Waals surface area contributed by atoms with Gasteiger partial charge in [0.2, 0.25) is 5.91 Å². The Morgan fingerprint density at radius 3 is 2.51 bits per heavy atom. The molecule has 2 heterocycles. The molecular weight excluding hydrogens is 481 g/mol. The van der Waals surface area contributed by atoms with Crippen molar-refractivity contribution in [1.82, 2.24) is 10.3 Å². The minimum Gasteiger partial charge on any atom is -0.324 e. The molecule has 0 radical (unpaired) electrons. The van der Waals surface area contributed by atoms with Crippen molar-refractivity contribution in [1.29, 1.82) is 0 Å². The maximum absolute atomic E-state index is 13.3. The number of hydrogen-bond acceptors (Lipinski definition) is 5. The molecule has 1 aromatic heterocycles. The van der Waals surface area contributed by atoms with Crippen LogP contribution in [0.2, 0.25) is 0 Å². The van der Waals surface area contributed by atoms with Crippen molar-refractivity contribution in [3.63, 3.8) is 0 Å². The van der Waals surface area contributed by atoms with Crippen LogP contribution in [0.5, 0.6) is 0 Å². The Morgan fingerprint density at radius 2 is 1.86 bits per heavy atom. The summed E-state index contributed by atoms with van der Waals surface area (Å²) in [4.78, 5) is 43.7. The molecule has 0 bridgehead atoms. The summed E-state index contributed by atoms with van der Waals surface area (Å²) < 4.78 is 37.8. The molecule has 2 N–H and O–H groups in total. The van der Waals surface area contributed by atoms with E-state index in [4.69, 9.17) is 0 Å². The number of imide groups is 1. The van der Waals surface area contributed by atoms with E-state index in [1.54, 1.807) is 19.2 Å². The third kappa shape index (κ3) is 5.77. The van der Waals surface area contributed by atoms with E-state index in [2.05, 4.69) is 15.6 Å². The summed E-state index contributed by atoms with van der Waals surface area (Å²) in [7, 11) is 0. The molecule has 2 aromatic rings. The van der Waals surface area contributed by atoms with Crippen LogP contribution in [0.4, 0.5) is 29.3 Å². The fraction of sp³-hybridized carbons (Fsp3) is 0.417. The van der Waals surface area contributed by atoms with Gasteiger partial charge in [-0.3, -0.25) is 14.6 Å². The predicted octanol–water partition coefficient (Wildman–Crippen LogP) is 5.27. The second-order valence-corrected chi connectivity index (χ2v) is 10.1. The molecule has 1 atom stereocenters. The first-order chi connectivity index (χ1) is 16.6. The van der Waals surface area contributed by atoms with Crippen LogP contribution >= 0.6 is 11.8 Å². The highest BCUT2D eigenvalue weighted by Gasteiger charge is 2.48. The summed E-state index contributed by atoms with van der Waals surface area (Å²) in [5, 5.41) is 5.62. The van der Waals surface area contributed by atoms with Gasteiger partial charge in [-0.2, -0.15) is 13.2 Å². The van der Waals surface area contributed by atoms with Gasteiger partial charge in [-0.25, -0.2) is 9.69 Å². The van der Waals surface area contributed by atoms with Crippen molar-refractivity contribution >= 4 is 41.0 Å². The first-order valence-electron chi connectivity index (χ1n) is 11.3. The van der Waals surface area contributed by atoms with Crippen molar-refractivity contribution < 1.29 is 27.6 Å². The van der Waals surface area contributed by atoms with Crippen LogP contribution in [0.25, 0.3) is 0 Å². The molecule has 1 aromatic carbocycles. The Hall–Kier alpha value is -3.08. The van der Waals surface area contributed by atoms with Crippen molar-refractivity contribution in [3.8, 4) is 0 Å². The van der Waals surface area contributed by atoms with E-state index in [-0.39, 0.29) is 40.6 Å². The number of carbonyl (C=O) groups is 3. The number of carbonyl (C=O) groups excluding carboxylic acids is 3. The highest BCUT2D eigenvalue weighted by Crippen LogP contribution is 2.38. The zero-order valence-corrected chi connectivity index (χ0v) is 19.8. The molecule has 1 unspecified atom stereocenters. The van der Waals surface area contributed by atoms with Gasteiger partial charge in [-0.15, -0.1) is 0 Å². The monoisotopic (exact) mass is 506 g/mol. The second-order valence-electron chi connectivity index (χ2n) is 8.98. The summed E-state index contributed by atoms with van der Waals surface area (Å²) in [6.07, 6.45) is 8.00. The van der Waals surface area contributed by atoms with Gasteiger partial charge in [0.1, 0.15) is 5.54 Å². The molecular formula is C24H25F3N4O3S. The van der Waals surface area contributed by atoms with Crippen molar-refractivity contribution in [2.75, 3.05) is 10.2 Å². The van der Waals surface area contributed by atoms with Gasteiger partial charge in [0.15, 0.2) is 0 Å². The first-order valence-corrected chi connectivity index (χ1v) is 12.1. The second kappa shape index (κ2) is 9.88. The van der Waals surface area contributed by atoms with Crippen molar-refractivity contribution in [3.05, 3.63) is 48.3 Å². The number of thioether (sulfide) groups is 1. The number of aromatic nitrogens is 1. The van der Waals surface area contributed by atoms with E-state index in [0.717, 1.165) is 37.0 Å². The molecule has 1 aliphatic carbocycles. The standard InChI is InChI=1S/C24H25F3N4O3S/c1-23(13-16-11-12-28-14-19(16)29-20(32)15-5-3-2-4-6-15)21(33)31(22(34)30-23)17-7-9-18(10-8-17)35-24(25,26)27/h7-12,14-15H,2-6,13H2,1H3,(H,29,32)(H,30,34). The normalized spacial score (nSPS) is 21.2. The topological polar surface area (TPSA) is 91.4 Å². The van der Waals surface area contributed by atoms with Crippen molar-refractivity contribution in [2.24, 2.45) is 5.92 Å². The number of hydrogen-bond donors (Lipinski definition) is 2. The van der Waals surface area contributed by atoms with Gasteiger partial charge in [0, 0.05) is 23.4 Å². The summed E-state index contributed by atoms with van der Waals surface area (Å²) in [5.74, 6) is -0.682. The maximum atomic E-state index is 13.3. The van der Waals surface area contributed by atoms with Crippen LogP contribution in [0.15, 0.2) is 47.6 Å². The molecule has 4 rings (SSSR count). The first kappa shape index (κ1) is 25.0. The van der Waals surface area contributed by atoms with Crippen LogP contribution < -0.4 is 15.5 Å². The molecule has 186 valence electrons. The number of benzene rings is 1. The van der Waals surface area contributed by atoms with E-state index in [1.807, 2.05) is 0 Å². The highest BCUT2D eigenvalue weighted by molar-refractivity contribution is 8.00. The van der Waals surface area contributed by atoms with E-state index in [9.17, 15) is 27.6 Å². The van der Waals surface area contributed by atoms with E-state index in [0.29, 0.717) is 11.3 Å². The molecule has 11 heteroatoms. The molecule has 35 heavy (non-hydrogen) atoms. The summed E-state index contributed by atoms with van der Waals surface area (Å²) in [6.45, 7) is 1.58. The fourth-order valence-electron chi connectivity index (χ4n) is 4.51. The summed E-state index contributed by atoms with van der Waals surface area (Å²) in [6, 6.07) is 6.05. The number of amides is 4. The van der Waals surface area contributed by atoms with Crippen LogP contribution in [-0.4, -0.2) is 33.9 Å². The number of alkyl halides is 3. The Kier molecular flexibility index (Phi) is 7.07. The molecule has 7 nitrogen and oxygen atoms in total. The van der Waals surface area contributed by atoms with Gasteiger partial charge >= 0.3 is 11.5 Å². The lowest BCUT2D eigenvalue weighted by molar-refractivity contribution is -0.121. The smallest absolute Gasteiger partial charge is 0.324 e. The molecule has 1 saturated heterocycles. The zero-order chi connectivity index (χ0) is 25.2. The highest BCUT2D eigenvalue weighted by atomic mass is 32.2. The van der Waals surface area contributed by atoms with Crippen LogP contribution in [0.3, 0.4) is 0 Å². The third-order valence-electron chi connectivity index (χ3n) is 6.28. The Morgan fingerprint density at radius 1 is 1.17 bits per heavy atom.